The minimum absolute atomic E-state index is 0.0480. The molecule has 108 valence electrons. The Bertz CT molecular complexity index is 766. The summed E-state index contributed by atoms with van der Waals surface area (Å²) in [6.07, 6.45) is 2.39. The van der Waals surface area contributed by atoms with Gasteiger partial charge in [0.25, 0.3) is 5.91 Å². The molecule has 3 rings (SSSR count). The number of anilines is 1. The Kier molecular flexibility index (Phi) is 3.85. The van der Waals surface area contributed by atoms with Crippen molar-refractivity contribution >= 4 is 44.5 Å². The van der Waals surface area contributed by atoms with Crippen molar-refractivity contribution in [2.24, 2.45) is 0 Å². The van der Waals surface area contributed by atoms with Crippen molar-refractivity contribution in [3.8, 4) is 0 Å². The Balaban J connectivity index is 1.76. The molecule has 21 heavy (non-hydrogen) atoms. The zero-order valence-corrected chi connectivity index (χ0v) is 13.0. The molecule has 0 saturated carbocycles. The zero-order valence-electron chi connectivity index (χ0n) is 11.4. The van der Waals surface area contributed by atoms with E-state index in [0.717, 1.165) is 11.8 Å². The third-order valence-electron chi connectivity index (χ3n) is 3.09. The molecule has 1 atom stereocenters. The predicted octanol–water partition coefficient (Wildman–Crippen LogP) is 2.70. The normalized spacial score (nSPS) is 12.4. The summed E-state index contributed by atoms with van der Waals surface area (Å²) in [5.41, 5.74) is 6.51. The van der Waals surface area contributed by atoms with Crippen molar-refractivity contribution in [3.63, 3.8) is 0 Å². The second-order valence-electron chi connectivity index (χ2n) is 4.75. The Morgan fingerprint density at radius 2 is 2.33 bits per heavy atom. The lowest BCUT2D eigenvalue weighted by atomic mass is 10.2. The third-order valence-corrected chi connectivity index (χ3v) is 5.09. The van der Waals surface area contributed by atoms with Crippen LogP contribution in [0.1, 0.15) is 21.5 Å². The fraction of sp³-hybridized carbons (Fsp3) is 0.214. The number of nitrogens with one attached hydrogen (secondary N) is 1. The second-order valence-corrected chi connectivity index (χ2v) is 6.78. The molecule has 3 aromatic heterocycles. The van der Waals surface area contributed by atoms with E-state index < -0.39 is 0 Å². The van der Waals surface area contributed by atoms with Crippen molar-refractivity contribution in [1.29, 1.82) is 0 Å². The minimum Gasteiger partial charge on any atom is -0.397 e. The van der Waals surface area contributed by atoms with Crippen LogP contribution in [0.15, 0.2) is 29.8 Å². The maximum absolute atomic E-state index is 12.3. The van der Waals surface area contributed by atoms with E-state index in [4.69, 9.17) is 5.73 Å². The zero-order chi connectivity index (χ0) is 14.8. The average molecular weight is 318 g/mol. The van der Waals surface area contributed by atoms with Crippen LogP contribution >= 0.6 is 22.7 Å². The van der Waals surface area contributed by atoms with Crippen LogP contribution in [-0.4, -0.2) is 22.1 Å². The molecule has 3 N–H and O–H groups in total. The van der Waals surface area contributed by atoms with Gasteiger partial charge in [0.2, 0.25) is 0 Å². The lowest BCUT2D eigenvalue weighted by Gasteiger charge is -2.12. The van der Waals surface area contributed by atoms with E-state index in [0.29, 0.717) is 15.4 Å². The number of fused-ring (bicyclic) bond motifs is 1. The molecule has 0 aliphatic rings. The highest BCUT2D eigenvalue weighted by molar-refractivity contribution is 7.21. The first-order valence-corrected chi connectivity index (χ1v) is 8.17. The van der Waals surface area contributed by atoms with Gasteiger partial charge in [0.1, 0.15) is 9.71 Å². The predicted molar refractivity (Wildman–Crippen MR) is 86.8 cm³/mol. The summed E-state index contributed by atoms with van der Waals surface area (Å²) in [6.45, 7) is 1.99. The van der Waals surface area contributed by atoms with Crippen molar-refractivity contribution in [1.82, 2.24) is 15.5 Å². The number of carbonyl (C=O) groups is 1. The number of hydrogen-bond donors (Lipinski definition) is 2. The SMILES string of the molecule is CC(Cc1cccs1)NC(=O)c1sc2nnccc2c1N. The van der Waals surface area contributed by atoms with E-state index >= 15 is 0 Å². The molecule has 0 bridgehead atoms. The lowest BCUT2D eigenvalue weighted by Crippen LogP contribution is -2.33. The molecule has 0 aliphatic carbocycles. The van der Waals surface area contributed by atoms with Crippen LogP contribution in [0, 0.1) is 0 Å². The van der Waals surface area contributed by atoms with E-state index in [-0.39, 0.29) is 11.9 Å². The molecule has 1 unspecified atom stereocenters. The van der Waals surface area contributed by atoms with Crippen molar-refractivity contribution in [2.75, 3.05) is 5.73 Å². The number of nitrogens with two attached hydrogens (primary N) is 1. The molecule has 5 nitrogen and oxygen atoms in total. The highest BCUT2D eigenvalue weighted by Crippen LogP contribution is 2.31. The number of aromatic nitrogens is 2. The van der Waals surface area contributed by atoms with E-state index in [2.05, 4.69) is 21.6 Å². The number of carbonyl (C=O) groups excluding carboxylic acids is 1. The van der Waals surface area contributed by atoms with Crippen LogP contribution in [0.5, 0.6) is 0 Å². The number of amides is 1. The molecular formula is C14H14N4OS2. The van der Waals surface area contributed by atoms with Crippen LogP contribution in [0.2, 0.25) is 0 Å². The Hall–Kier alpha value is -1.99. The standard InChI is InChI=1S/C14H14N4OS2/c1-8(7-9-3-2-6-20-9)17-13(19)12-11(15)10-4-5-16-18-14(10)21-12/h2-6,8H,7,15H2,1H3,(H,17,19). The molecule has 0 spiro atoms. The van der Waals surface area contributed by atoms with Gasteiger partial charge in [0.15, 0.2) is 0 Å². The Morgan fingerprint density at radius 3 is 3.05 bits per heavy atom. The fourth-order valence-corrected chi connectivity index (χ4v) is 3.89. The molecule has 3 heterocycles. The van der Waals surface area contributed by atoms with Gasteiger partial charge < -0.3 is 11.1 Å². The van der Waals surface area contributed by atoms with Crippen LogP contribution < -0.4 is 11.1 Å². The quantitative estimate of drug-likeness (QED) is 0.775. The lowest BCUT2D eigenvalue weighted by molar-refractivity contribution is 0.0945. The first kappa shape index (κ1) is 14.0. The van der Waals surface area contributed by atoms with Gasteiger partial charge in [-0.1, -0.05) is 6.07 Å². The van der Waals surface area contributed by atoms with Gasteiger partial charge in [-0.2, -0.15) is 5.10 Å². The summed E-state index contributed by atoms with van der Waals surface area (Å²) >= 11 is 2.96. The first-order chi connectivity index (χ1) is 10.1. The van der Waals surface area contributed by atoms with Crippen LogP contribution in [0.3, 0.4) is 0 Å². The van der Waals surface area contributed by atoms with Crippen molar-refractivity contribution in [3.05, 3.63) is 39.5 Å². The minimum atomic E-state index is -0.153. The van der Waals surface area contributed by atoms with Gasteiger partial charge in [0, 0.05) is 22.7 Å². The van der Waals surface area contributed by atoms with Gasteiger partial charge in [0.05, 0.1) is 11.9 Å². The summed E-state index contributed by atoms with van der Waals surface area (Å²) in [7, 11) is 0. The molecular weight excluding hydrogens is 304 g/mol. The number of thiophene rings is 2. The molecule has 0 aromatic carbocycles. The summed E-state index contributed by atoms with van der Waals surface area (Å²) in [5, 5.41) is 13.6. The monoisotopic (exact) mass is 318 g/mol. The average Bonchev–Trinajstić information content (AvgIpc) is 3.07. The van der Waals surface area contributed by atoms with Gasteiger partial charge >= 0.3 is 0 Å². The van der Waals surface area contributed by atoms with Gasteiger partial charge in [-0.15, -0.1) is 27.8 Å². The Morgan fingerprint density at radius 1 is 1.48 bits per heavy atom. The summed E-state index contributed by atoms with van der Waals surface area (Å²) < 4.78 is 0. The molecule has 0 radical (unpaired) electrons. The van der Waals surface area contributed by atoms with E-state index in [1.54, 1.807) is 23.6 Å². The molecule has 1 amide bonds. The first-order valence-electron chi connectivity index (χ1n) is 6.48. The van der Waals surface area contributed by atoms with E-state index in [1.807, 2.05) is 18.4 Å². The maximum Gasteiger partial charge on any atom is 0.263 e. The Labute approximate surface area is 129 Å². The van der Waals surface area contributed by atoms with Gasteiger partial charge in [-0.05, 0) is 24.4 Å². The van der Waals surface area contributed by atoms with E-state index in [9.17, 15) is 4.79 Å². The number of nitrogen functional groups attached to an aromatic ring is 1. The number of nitrogens with zero attached hydrogens (tertiary/aromatic N) is 2. The summed E-state index contributed by atoms with van der Waals surface area (Å²) in [4.78, 5) is 14.8. The second kappa shape index (κ2) is 5.79. The smallest absolute Gasteiger partial charge is 0.263 e. The molecule has 0 saturated heterocycles. The third kappa shape index (κ3) is 2.88. The maximum atomic E-state index is 12.3. The topological polar surface area (TPSA) is 80.9 Å². The van der Waals surface area contributed by atoms with Crippen LogP contribution in [0.25, 0.3) is 10.2 Å². The van der Waals surface area contributed by atoms with Crippen molar-refractivity contribution < 1.29 is 4.79 Å². The largest absolute Gasteiger partial charge is 0.397 e. The van der Waals surface area contributed by atoms with Gasteiger partial charge in [-0.25, -0.2) is 0 Å². The van der Waals surface area contributed by atoms with Crippen LogP contribution in [-0.2, 0) is 6.42 Å². The highest BCUT2D eigenvalue weighted by Gasteiger charge is 2.18. The molecule has 0 fully saturated rings. The van der Waals surface area contributed by atoms with Gasteiger partial charge in [-0.3, -0.25) is 4.79 Å². The highest BCUT2D eigenvalue weighted by atomic mass is 32.1. The summed E-state index contributed by atoms with van der Waals surface area (Å²) in [6, 6.07) is 5.90. The van der Waals surface area contributed by atoms with Crippen molar-refractivity contribution in [2.45, 2.75) is 19.4 Å². The van der Waals surface area contributed by atoms with E-state index in [1.165, 1.54) is 16.2 Å². The molecule has 7 heteroatoms. The summed E-state index contributed by atoms with van der Waals surface area (Å²) in [5.74, 6) is -0.153. The number of hydrogen-bond acceptors (Lipinski definition) is 6. The van der Waals surface area contributed by atoms with Crippen LogP contribution in [0.4, 0.5) is 5.69 Å². The molecule has 0 aliphatic heterocycles. The fourth-order valence-electron chi connectivity index (χ4n) is 2.11. The molecule has 3 aromatic rings. The number of rotatable bonds is 4.